The first-order valence-electron chi connectivity index (χ1n) is 8.38. The van der Waals surface area contributed by atoms with E-state index in [1.807, 2.05) is 6.92 Å². The lowest BCUT2D eigenvalue weighted by Crippen LogP contribution is -2.39. The number of aromatic amines is 1. The minimum Gasteiger partial charge on any atom is -0.439 e. The molecule has 2 saturated heterocycles. The minimum absolute atomic E-state index is 0.0462. The average Bonchev–Trinajstić information content (AvgIpc) is 3.16. The van der Waals surface area contributed by atoms with Crippen LogP contribution in [0.15, 0.2) is 0 Å². The van der Waals surface area contributed by atoms with Gasteiger partial charge < -0.3 is 19.5 Å². The number of carbonyl (C=O) groups excluding carboxylic acids is 3. The summed E-state index contributed by atoms with van der Waals surface area (Å²) in [5.41, 5.74) is 2.11. The van der Waals surface area contributed by atoms with Crippen molar-refractivity contribution in [2.45, 2.75) is 38.2 Å². The molecule has 128 valence electrons. The molecule has 0 saturated carbocycles. The van der Waals surface area contributed by atoms with Gasteiger partial charge in [-0.1, -0.05) is 0 Å². The van der Waals surface area contributed by atoms with Crippen LogP contribution < -0.4 is 0 Å². The number of hydrogen-bond donors (Lipinski definition) is 1. The largest absolute Gasteiger partial charge is 0.439 e. The lowest BCUT2D eigenvalue weighted by atomic mass is 9.92. The maximum Gasteiger partial charge on any atom is 0.410 e. The van der Waals surface area contributed by atoms with E-state index in [1.165, 1.54) is 0 Å². The second-order valence-corrected chi connectivity index (χ2v) is 7.14. The van der Waals surface area contributed by atoms with E-state index < -0.39 is 5.60 Å². The summed E-state index contributed by atoms with van der Waals surface area (Å²) in [5.74, 6) is -0.0902. The molecular formula is C17H21N3O4. The number of aromatic nitrogens is 1. The summed E-state index contributed by atoms with van der Waals surface area (Å²) in [6.45, 7) is 3.26. The van der Waals surface area contributed by atoms with E-state index in [-0.39, 0.29) is 17.8 Å². The number of rotatable bonds is 1. The molecule has 0 bridgehead atoms. The highest BCUT2D eigenvalue weighted by Crippen LogP contribution is 2.34. The van der Waals surface area contributed by atoms with E-state index in [4.69, 9.17) is 4.74 Å². The first-order valence-corrected chi connectivity index (χ1v) is 8.38. The Kier molecular flexibility index (Phi) is 3.23. The van der Waals surface area contributed by atoms with Crippen LogP contribution in [0.1, 0.15) is 51.4 Å². The number of hydrogen-bond acceptors (Lipinski definition) is 4. The zero-order chi connectivity index (χ0) is 17.1. The molecule has 1 atom stereocenters. The summed E-state index contributed by atoms with van der Waals surface area (Å²) in [5, 5.41) is 0. The number of fused-ring (bicyclic) bond motifs is 1. The van der Waals surface area contributed by atoms with Gasteiger partial charge in [0, 0.05) is 37.8 Å². The highest BCUT2D eigenvalue weighted by molar-refractivity contribution is 6.10. The SMILES string of the molecule is Cc1[nH]c2c(c1C(=O)N1CC[C@@]3(CN(C)C(=O)O3)C1)C(=O)CCC2. The number of amides is 2. The van der Waals surface area contributed by atoms with Gasteiger partial charge in [-0.05, 0) is 19.8 Å². The van der Waals surface area contributed by atoms with Crippen LogP contribution in [-0.4, -0.2) is 64.9 Å². The molecule has 1 aromatic rings. The summed E-state index contributed by atoms with van der Waals surface area (Å²) in [7, 11) is 1.70. The molecule has 24 heavy (non-hydrogen) atoms. The summed E-state index contributed by atoms with van der Waals surface area (Å²) in [4.78, 5) is 43.5. The maximum absolute atomic E-state index is 13.0. The van der Waals surface area contributed by atoms with E-state index in [1.54, 1.807) is 16.8 Å². The Labute approximate surface area is 139 Å². The van der Waals surface area contributed by atoms with Gasteiger partial charge in [-0.15, -0.1) is 0 Å². The van der Waals surface area contributed by atoms with Crippen molar-refractivity contribution in [1.29, 1.82) is 0 Å². The van der Waals surface area contributed by atoms with Crippen molar-refractivity contribution >= 4 is 17.8 Å². The Morgan fingerprint density at radius 1 is 1.25 bits per heavy atom. The molecule has 0 aromatic carbocycles. The van der Waals surface area contributed by atoms with E-state index in [9.17, 15) is 14.4 Å². The number of likely N-dealkylation sites (tertiary alicyclic amines) is 1. The van der Waals surface area contributed by atoms with Crippen LogP contribution in [0.5, 0.6) is 0 Å². The molecule has 0 unspecified atom stereocenters. The topological polar surface area (TPSA) is 82.7 Å². The van der Waals surface area contributed by atoms with Crippen molar-refractivity contribution in [3.05, 3.63) is 22.5 Å². The van der Waals surface area contributed by atoms with Crippen molar-refractivity contribution in [2.24, 2.45) is 0 Å². The molecule has 1 aliphatic carbocycles. The van der Waals surface area contributed by atoms with Crippen molar-refractivity contribution < 1.29 is 19.1 Å². The van der Waals surface area contributed by atoms with Gasteiger partial charge in [-0.3, -0.25) is 9.59 Å². The first kappa shape index (κ1) is 15.2. The monoisotopic (exact) mass is 331 g/mol. The lowest BCUT2D eigenvalue weighted by molar-refractivity contribution is 0.0552. The summed E-state index contributed by atoms with van der Waals surface area (Å²) in [6.07, 6.45) is 2.43. The predicted molar refractivity (Wildman–Crippen MR) is 85.2 cm³/mol. The highest BCUT2D eigenvalue weighted by atomic mass is 16.6. The van der Waals surface area contributed by atoms with Crippen molar-refractivity contribution in [1.82, 2.24) is 14.8 Å². The van der Waals surface area contributed by atoms with Crippen LogP contribution in [0, 0.1) is 6.92 Å². The third-order valence-corrected chi connectivity index (χ3v) is 5.33. The Morgan fingerprint density at radius 2 is 2.04 bits per heavy atom. The Balaban J connectivity index is 1.61. The number of nitrogens with zero attached hydrogens (tertiary/aromatic N) is 2. The fourth-order valence-corrected chi connectivity index (χ4v) is 4.18. The molecule has 2 aliphatic heterocycles. The quantitative estimate of drug-likeness (QED) is 0.845. The highest BCUT2D eigenvalue weighted by Gasteiger charge is 2.50. The van der Waals surface area contributed by atoms with Gasteiger partial charge in [-0.25, -0.2) is 4.79 Å². The average molecular weight is 331 g/mol. The number of nitrogens with one attached hydrogen (secondary N) is 1. The zero-order valence-electron chi connectivity index (χ0n) is 14.0. The van der Waals surface area contributed by atoms with Crippen molar-refractivity contribution in [3.8, 4) is 0 Å². The van der Waals surface area contributed by atoms with Crippen LogP contribution in [0.4, 0.5) is 4.79 Å². The van der Waals surface area contributed by atoms with Gasteiger partial charge in [0.15, 0.2) is 11.4 Å². The van der Waals surface area contributed by atoms with Crippen LogP contribution in [0.3, 0.4) is 0 Å². The van der Waals surface area contributed by atoms with Crippen LogP contribution in [0.25, 0.3) is 0 Å². The second-order valence-electron chi connectivity index (χ2n) is 7.14. The summed E-state index contributed by atoms with van der Waals surface area (Å²) in [6, 6.07) is 0. The molecular weight excluding hydrogens is 310 g/mol. The summed E-state index contributed by atoms with van der Waals surface area (Å²) >= 11 is 0. The Hall–Kier alpha value is -2.31. The molecule has 1 N–H and O–H groups in total. The normalized spacial score (nSPS) is 26.2. The molecule has 1 spiro atoms. The van der Waals surface area contributed by atoms with Gasteiger partial charge in [-0.2, -0.15) is 0 Å². The van der Waals surface area contributed by atoms with Gasteiger partial charge in [0.25, 0.3) is 5.91 Å². The first-order chi connectivity index (χ1) is 11.4. The van der Waals surface area contributed by atoms with Crippen molar-refractivity contribution in [2.75, 3.05) is 26.7 Å². The molecule has 2 fully saturated rings. The van der Waals surface area contributed by atoms with E-state index in [2.05, 4.69) is 4.98 Å². The molecule has 3 aliphatic rings. The number of ketones is 1. The van der Waals surface area contributed by atoms with Crippen LogP contribution >= 0.6 is 0 Å². The second kappa shape index (κ2) is 5.09. The number of carbonyl (C=O) groups is 3. The zero-order valence-corrected chi connectivity index (χ0v) is 14.0. The number of H-pyrrole nitrogens is 1. The third-order valence-electron chi connectivity index (χ3n) is 5.33. The van der Waals surface area contributed by atoms with E-state index >= 15 is 0 Å². The fourth-order valence-electron chi connectivity index (χ4n) is 4.18. The molecule has 4 rings (SSSR count). The number of likely N-dealkylation sites (N-methyl/N-ethyl adjacent to an activating group) is 1. The van der Waals surface area contributed by atoms with Gasteiger partial charge in [0.1, 0.15) is 0 Å². The molecule has 3 heterocycles. The molecule has 7 heteroatoms. The lowest BCUT2D eigenvalue weighted by Gasteiger charge is -2.22. The molecule has 7 nitrogen and oxygen atoms in total. The van der Waals surface area contributed by atoms with Gasteiger partial charge in [0.2, 0.25) is 0 Å². The van der Waals surface area contributed by atoms with Crippen LogP contribution in [-0.2, 0) is 11.2 Å². The standard InChI is InChI=1S/C17H21N3O4/c1-10-13(14-11(18-10)4-3-5-12(14)21)15(22)20-7-6-17(9-20)8-19(2)16(23)24-17/h18H,3-9H2,1-2H3/t17-/m1/s1. The molecule has 0 radical (unpaired) electrons. The number of ether oxygens (including phenoxy) is 1. The minimum atomic E-state index is -0.601. The third kappa shape index (κ3) is 2.14. The van der Waals surface area contributed by atoms with Crippen LogP contribution in [0.2, 0.25) is 0 Å². The number of Topliss-reactive ketones (excluding diaryl/α,β-unsaturated/α-hetero) is 1. The predicted octanol–water partition coefficient (Wildman–Crippen LogP) is 1.51. The van der Waals surface area contributed by atoms with Gasteiger partial charge >= 0.3 is 6.09 Å². The fraction of sp³-hybridized carbons (Fsp3) is 0.588. The summed E-state index contributed by atoms with van der Waals surface area (Å²) < 4.78 is 5.50. The van der Waals surface area contributed by atoms with Gasteiger partial charge in [0.05, 0.1) is 24.2 Å². The maximum atomic E-state index is 13.0. The molecule has 2 amide bonds. The van der Waals surface area contributed by atoms with E-state index in [0.29, 0.717) is 43.6 Å². The molecule has 1 aromatic heterocycles. The number of aryl methyl sites for hydroxylation is 2. The Morgan fingerprint density at radius 3 is 2.75 bits per heavy atom. The van der Waals surface area contributed by atoms with Crippen molar-refractivity contribution in [3.63, 3.8) is 0 Å². The Bertz CT molecular complexity index is 753. The van der Waals surface area contributed by atoms with E-state index in [0.717, 1.165) is 24.2 Å². The smallest absolute Gasteiger partial charge is 0.410 e.